The maximum absolute atomic E-state index is 12.6. The summed E-state index contributed by atoms with van der Waals surface area (Å²) in [5.41, 5.74) is 3.36. The van der Waals surface area contributed by atoms with Gasteiger partial charge in [-0.3, -0.25) is 11.3 Å². The van der Waals surface area contributed by atoms with Crippen LogP contribution in [-0.2, 0) is 11.2 Å². The van der Waals surface area contributed by atoms with E-state index >= 15 is 0 Å². The minimum Gasteiger partial charge on any atom is -0.373 e. The van der Waals surface area contributed by atoms with Crippen LogP contribution in [0.25, 0.3) is 0 Å². The van der Waals surface area contributed by atoms with Gasteiger partial charge in [0.25, 0.3) is 0 Å². The van der Waals surface area contributed by atoms with E-state index in [9.17, 15) is 17.6 Å². The summed E-state index contributed by atoms with van der Waals surface area (Å²) >= 11 is 2.16. The number of halogens is 5. The van der Waals surface area contributed by atoms with Gasteiger partial charge >= 0.3 is 12.3 Å². The largest absolute Gasteiger partial charge is 0.373 e. The Hall–Kier alpha value is -0.450. The van der Waals surface area contributed by atoms with E-state index in [1.807, 2.05) is 24.3 Å². The molecule has 3 N–H and O–H groups in total. The highest BCUT2D eigenvalue weighted by atomic mass is 127. The molecule has 1 aromatic carbocycles. The third-order valence-corrected chi connectivity index (χ3v) is 3.28. The van der Waals surface area contributed by atoms with E-state index in [0.29, 0.717) is 6.42 Å². The first kappa shape index (κ1) is 17.6. The van der Waals surface area contributed by atoms with Crippen molar-refractivity contribution in [2.45, 2.75) is 24.8 Å². The van der Waals surface area contributed by atoms with Crippen LogP contribution in [-0.4, -0.2) is 31.6 Å². The molecule has 1 atom stereocenters. The van der Waals surface area contributed by atoms with Crippen LogP contribution >= 0.6 is 22.6 Å². The van der Waals surface area contributed by atoms with Crippen LogP contribution in [0.3, 0.4) is 0 Å². The SMILES string of the molecule is NNC(COCC(F)(F)C(F)F)Cc1ccc(I)cc1. The first-order valence-corrected chi connectivity index (χ1v) is 6.87. The van der Waals surface area contributed by atoms with Crippen LogP contribution in [0.2, 0.25) is 0 Å². The number of alkyl halides is 4. The number of ether oxygens (including phenoxy) is 1. The van der Waals surface area contributed by atoms with Crippen LogP contribution < -0.4 is 11.3 Å². The Labute approximate surface area is 128 Å². The molecule has 0 aliphatic heterocycles. The molecule has 0 saturated heterocycles. The lowest BCUT2D eigenvalue weighted by Gasteiger charge is -2.19. The maximum atomic E-state index is 12.6. The van der Waals surface area contributed by atoms with Crippen molar-refractivity contribution in [2.75, 3.05) is 13.2 Å². The second-order valence-electron chi connectivity index (χ2n) is 4.27. The molecular weight excluding hydrogens is 391 g/mol. The molecular formula is C12H15F4IN2O. The lowest BCUT2D eigenvalue weighted by atomic mass is 10.1. The molecule has 0 spiro atoms. The molecule has 3 nitrogen and oxygen atoms in total. The zero-order valence-corrected chi connectivity index (χ0v) is 12.6. The van der Waals surface area contributed by atoms with Gasteiger partial charge in [0.1, 0.15) is 6.61 Å². The number of hydrazine groups is 1. The van der Waals surface area contributed by atoms with E-state index in [0.717, 1.165) is 9.13 Å². The lowest BCUT2D eigenvalue weighted by molar-refractivity contribution is -0.167. The van der Waals surface area contributed by atoms with Crippen LogP contribution in [0.5, 0.6) is 0 Å². The number of hydrogen-bond donors (Lipinski definition) is 2. The summed E-state index contributed by atoms with van der Waals surface area (Å²) in [5.74, 6) is 1.16. The van der Waals surface area contributed by atoms with Gasteiger partial charge in [-0.2, -0.15) is 8.78 Å². The highest BCUT2D eigenvalue weighted by Gasteiger charge is 2.41. The molecule has 0 bridgehead atoms. The van der Waals surface area contributed by atoms with Crippen molar-refractivity contribution in [1.29, 1.82) is 0 Å². The zero-order valence-electron chi connectivity index (χ0n) is 10.5. The molecule has 0 aliphatic carbocycles. The van der Waals surface area contributed by atoms with Crippen molar-refractivity contribution in [2.24, 2.45) is 5.84 Å². The van der Waals surface area contributed by atoms with Crippen molar-refractivity contribution >= 4 is 22.6 Å². The number of benzene rings is 1. The number of nitrogens with one attached hydrogen (secondary N) is 1. The summed E-state index contributed by atoms with van der Waals surface area (Å²) < 4.78 is 54.9. The molecule has 1 unspecified atom stereocenters. The molecule has 1 aromatic rings. The minimum atomic E-state index is -4.14. The zero-order chi connectivity index (χ0) is 15.2. The molecule has 0 radical (unpaired) electrons. The number of rotatable bonds is 8. The molecule has 20 heavy (non-hydrogen) atoms. The van der Waals surface area contributed by atoms with Crippen LogP contribution in [0, 0.1) is 3.57 Å². The molecule has 0 amide bonds. The molecule has 0 aliphatic rings. The lowest BCUT2D eigenvalue weighted by Crippen LogP contribution is -2.42. The van der Waals surface area contributed by atoms with Gasteiger partial charge in [0, 0.05) is 9.61 Å². The van der Waals surface area contributed by atoms with Gasteiger partial charge in [-0.1, -0.05) is 12.1 Å². The average Bonchev–Trinajstić information content (AvgIpc) is 2.39. The predicted octanol–water partition coefficient (Wildman–Crippen LogP) is 2.58. The van der Waals surface area contributed by atoms with Gasteiger partial charge in [-0.25, -0.2) is 8.78 Å². The fourth-order valence-electron chi connectivity index (χ4n) is 1.47. The van der Waals surface area contributed by atoms with E-state index in [4.69, 9.17) is 5.84 Å². The summed E-state index contributed by atoms with van der Waals surface area (Å²) in [7, 11) is 0. The highest BCUT2D eigenvalue weighted by Crippen LogP contribution is 2.22. The monoisotopic (exact) mass is 406 g/mol. The number of nitrogens with two attached hydrogens (primary N) is 1. The standard InChI is InChI=1S/C12H15F4IN2O/c13-11(14)12(15,16)7-20-6-10(19-18)5-8-1-3-9(17)4-2-8/h1-4,10-11,19H,5-7,18H2. The summed E-state index contributed by atoms with van der Waals surface area (Å²) in [6, 6.07) is 7.12. The molecule has 1 rings (SSSR count). The maximum Gasteiger partial charge on any atom is 0.330 e. The van der Waals surface area contributed by atoms with Gasteiger partial charge in [0.05, 0.1) is 6.61 Å². The first-order chi connectivity index (χ1) is 9.35. The smallest absolute Gasteiger partial charge is 0.330 e. The first-order valence-electron chi connectivity index (χ1n) is 5.79. The third-order valence-electron chi connectivity index (χ3n) is 2.56. The van der Waals surface area contributed by atoms with Gasteiger partial charge in [0.2, 0.25) is 0 Å². The van der Waals surface area contributed by atoms with Crippen molar-refractivity contribution in [1.82, 2.24) is 5.43 Å². The molecule has 0 aromatic heterocycles. The topological polar surface area (TPSA) is 47.3 Å². The van der Waals surface area contributed by atoms with Crippen molar-refractivity contribution < 1.29 is 22.3 Å². The molecule has 0 fully saturated rings. The summed E-state index contributed by atoms with van der Waals surface area (Å²) in [6.45, 7) is -1.50. The Morgan fingerprint density at radius 2 is 1.85 bits per heavy atom. The summed E-state index contributed by atoms with van der Waals surface area (Å²) in [6.07, 6.45) is -3.28. The van der Waals surface area contributed by atoms with Crippen LogP contribution in [0.15, 0.2) is 24.3 Å². The minimum absolute atomic E-state index is 0.176. The summed E-state index contributed by atoms with van der Waals surface area (Å²) in [4.78, 5) is 0. The normalized spacial score (nSPS) is 13.8. The molecule has 0 heterocycles. The van der Waals surface area contributed by atoms with Crippen LogP contribution in [0.1, 0.15) is 5.56 Å². The van der Waals surface area contributed by atoms with E-state index in [2.05, 4.69) is 32.8 Å². The van der Waals surface area contributed by atoms with E-state index in [-0.39, 0.29) is 6.61 Å². The Balaban J connectivity index is 2.42. The van der Waals surface area contributed by atoms with Crippen molar-refractivity contribution in [3.63, 3.8) is 0 Å². The third kappa shape index (κ3) is 5.90. The van der Waals surface area contributed by atoms with Crippen molar-refractivity contribution in [3.05, 3.63) is 33.4 Å². The second kappa shape index (κ2) is 8.11. The van der Waals surface area contributed by atoms with E-state index in [1.165, 1.54) is 0 Å². The van der Waals surface area contributed by atoms with Crippen molar-refractivity contribution in [3.8, 4) is 0 Å². The predicted molar refractivity (Wildman–Crippen MR) is 75.7 cm³/mol. The molecule has 0 saturated carbocycles. The highest BCUT2D eigenvalue weighted by molar-refractivity contribution is 14.1. The van der Waals surface area contributed by atoms with Gasteiger partial charge in [-0.15, -0.1) is 0 Å². The summed E-state index contributed by atoms with van der Waals surface area (Å²) in [5, 5.41) is 0. The van der Waals surface area contributed by atoms with Crippen LogP contribution in [0.4, 0.5) is 17.6 Å². The number of hydrogen-bond acceptors (Lipinski definition) is 3. The fourth-order valence-corrected chi connectivity index (χ4v) is 1.83. The Bertz CT molecular complexity index is 403. The average molecular weight is 406 g/mol. The Kier molecular flexibility index (Phi) is 7.13. The Morgan fingerprint density at radius 1 is 1.25 bits per heavy atom. The quantitative estimate of drug-likeness (QED) is 0.302. The van der Waals surface area contributed by atoms with Gasteiger partial charge in [-0.05, 0) is 46.7 Å². The molecule has 114 valence electrons. The second-order valence-corrected chi connectivity index (χ2v) is 5.52. The van der Waals surface area contributed by atoms with Gasteiger partial charge in [0.15, 0.2) is 0 Å². The Morgan fingerprint density at radius 3 is 2.35 bits per heavy atom. The van der Waals surface area contributed by atoms with E-state index in [1.54, 1.807) is 0 Å². The van der Waals surface area contributed by atoms with E-state index < -0.39 is 25.0 Å². The fraction of sp³-hybridized carbons (Fsp3) is 0.500. The van der Waals surface area contributed by atoms with Gasteiger partial charge < -0.3 is 4.74 Å². The molecule has 8 heteroatoms.